The van der Waals surface area contributed by atoms with E-state index in [1.54, 1.807) is 0 Å². The van der Waals surface area contributed by atoms with Gasteiger partial charge >= 0.3 is 0 Å². The van der Waals surface area contributed by atoms with E-state index in [1.807, 2.05) is 91.0 Å². The second kappa shape index (κ2) is 9.35. The molecule has 0 aliphatic carbocycles. The highest BCUT2D eigenvalue weighted by atomic mass is 16.8. The van der Waals surface area contributed by atoms with Crippen molar-refractivity contribution in [3.63, 3.8) is 0 Å². The Hall–Kier alpha value is -2.58. The monoisotopic (exact) mass is 446 g/mol. The second-order valence-corrected chi connectivity index (χ2v) is 8.44. The van der Waals surface area contributed by atoms with Gasteiger partial charge in [0.15, 0.2) is 18.9 Å². The van der Waals surface area contributed by atoms with Crippen molar-refractivity contribution < 1.29 is 28.4 Å². The normalized spacial score (nSPS) is 34.0. The third kappa shape index (κ3) is 4.34. The van der Waals surface area contributed by atoms with Crippen molar-refractivity contribution in [1.29, 1.82) is 0 Å². The van der Waals surface area contributed by atoms with Crippen molar-refractivity contribution in [2.75, 3.05) is 13.2 Å². The average Bonchev–Trinajstić information content (AvgIpc) is 3.51. The van der Waals surface area contributed by atoms with Crippen LogP contribution in [0.4, 0.5) is 0 Å². The zero-order valence-corrected chi connectivity index (χ0v) is 18.1. The molecule has 7 atom stereocenters. The van der Waals surface area contributed by atoms with Gasteiger partial charge in [-0.25, -0.2) is 0 Å². The molecule has 0 aromatic heterocycles. The van der Waals surface area contributed by atoms with E-state index in [1.165, 1.54) is 0 Å². The summed E-state index contributed by atoms with van der Waals surface area (Å²) in [7, 11) is 0. The molecule has 0 radical (unpaired) electrons. The maximum Gasteiger partial charge on any atom is 0.184 e. The maximum absolute atomic E-state index is 6.53. The van der Waals surface area contributed by atoms with Crippen LogP contribution in [0.2, 0.25) is 0 Å². The summed E-state index contributed by atoms with van der Waals surface area (Å²) < 4.78 is 37.8. The lowest BCUT2D eigenvalue weighted by atomic mass is 10.0. The molecule has 3 aromatic carbocycles. The Morgan fingerprint density at radius 2 is 0.788 bits per heavy atom. The Morgan fingerprint density at radius 1 is 0.424 bits per heavy atom. The van der Waals surface area contributed by atoms with E-state index in [-0.39, 0.29) is 18.3 Å². The van der Waals surface area contributed by atoms with E-state index in [0.717, 1.165) is 16.7 Å². The van der Waals surface area contributed by atoms with Gasteiger partial charge in [-0.05, 0) is 0 Å². The standard InChI is InChI=1S/C27H26O6/c1-4-10-18(11-5-1)25-28-16-21(30-25)23-24-22(31-27(33-24)20-14-8-3-9-15-20)17-29-26(32-23)19-12-6-2-7-13-19/h1-15,21-27H,16-17H2/t21-,22+,23+,24+,25?,26?,27?/m1/s1. The summed E-state index contributed by atoms with van der Waals surface area (Å²) in [5, 5.41) is 0. The average molecular weight is 446 g/mol. The third-order valence-corrected chi connectivity index (χ3v) is 6.25. The molecule has 0 saturated carbocycles. The fraction of sp³-hybridized carbons (Fsp3) is 0.333. The van der Waals surface area contributed by atoms with Crippen LogP contribution in [-0.4, -0.2) is 37.6 Å². The van der Waals surface area contributed by atoms with Crippen molar-refractivity contribution >= 4 is 0 Å². The lowest BCUT2D eigenvalue weighted by Crippen LogP contribution is -2.45. The number of rotatable bonds is 4. The summed E-state index contributed by atoms with van der Waals surface area (Å²) in [4.78, 5) is 0. The third-order valence-electron chi connectivity index (χ3n) is 6.25. The van der Waals surface area contributed by atoms with E-state index in [2.05, 4.69) is 0 Å². The highest BCUT2D eigenvalue weighted by Crippen LogP contribution is 2.41. The predicted octanol–water partition coefficient (Wildman–Crippen LogP) is 4.70. The molecule has 3 aliphatic heterocycles. The van der Waals surface area contributed by atoms with Crippen molar-refractivity contribution in [2.24, 2.45) is 0 Å². The van der Waals surface area contributed by atoms with E-state index >= 15 is 0 Å². The van der Waals surface area contributed by atoms with Gasteiger partial charge in [0.1, 0.15) is 24.4 Å². The first-order valence-corrected chi connectivity index (χ1v) is 11.3. The molecule has 6 nitrogen and oxygen atoms in total. The van der Waals surface area contributed by atoms with Crippen LogP contribution in [0, 0.1) is 0 Å². The summed E-state index contributed by atoms with van der Waals surface area (Å²) in [5.41, 5.74) is 2.89. The number of fused-ring (bicyclic) bond motifs is 1. The molecule has 3 saturated heterocycles. The molecule has 3 heterocycles. The molecule has 33 heavy (non-hydrogen) atoms. The Bertz CT molecular complexity index is 1030. The van der Waals surface area contributed by atoms with E-state index < -0.39 is 25.0 Å². The van der Waals surface area contributed by atoms with Crippen molar-refractivity contribution in [3.8, 4) is 0 Å². The molecule has 6 rings (SSSR count). The molecule has 170 valence electrons. The summed E-state index contributed by atoms with van der Waals surface area (Å²) in [5.74, 6) is 0. The largest absolute Gasteiger partial charge is 0.346 e. The van der Waals surface area contributed by atoms with Crippen LogP contribution in [0.5, 0.6) is 0 Å². The van der Waals surface area contributed by atoms with Crippen LogP contribution in [-0.2, 0) is 28.4 Å². The first-order chi connectivity index (χ1) is 16.3. The summed E-state index contributed by atoms with van der Waals surface area (Å²) in [6.07, 6.45) is -2.84. The van der Waals surface area contributed by atoms with Crippen LogP contribution in [0.15, 0.2) is 91.0 Å². The van der Waals surface area contributed by atoms with E-state index in [0.29, 0.717) is 13.2 Å². The highest BCUT2D eigenvalue weighted by Gasteiger charge is 2.50. The van der Waals surface area contributed by atoms with E-state index in [4.69, 9.17) is 28.4 Å². The van der Waals surface area contributed by atoms with Crippen LogP contribution >= 0.6 is 0 Å². The smallest absolute Gasteiger partial charge is 0.184 e. The Balaban J connectivity index is 1.26. The quantitative estimate of drug-likeness (QED) is 0.579. The van der Waals surface area contributed by atoms with Gasteiger partial charge in [-0.2, -0.15) is 0 Å². The zero-order chi connectivity index (χ0) is 22.0. The first-order valence-electron chi connectivity index (χ1n) is 11.3. The van der Waals surface area contributed by atoms with Crippen molar-refractivity contribution in [2.45, 2.75) is 43.3 Å². The minimum Gasteiger partial charge on any atom is -0.346 e. The molecular formula is C27H26O6. The fourth-order valence-corrected chi connectivity index (χ4v) is 4.59. The van der Waals surface area contributed by atoms with E-state index in [9.17, 15) is 0 Å². The van der Waals surface area contributed by atoms with Crippen LogP contribution in [0.3, 0.4) is 0 Å². The van der Waals surface area contributed by atoms with Gasteiger partial charge < -0.3 is 28.4 Å². The van der Waals surface area contributed by atoms with Gasteiger partial charge in [-0.15, -0.1) is 0 Å². The fourth-order valence-electron chi connectivity index (χ4n) is 4.59. The Morgan fingerprint density at radius 3 is 1.27 bits per heavy atom. The van der Waals surface area contributed by atoms with Crippen LogP contribution < -0.4 is 0 Å². The molecule has 6 heteroatoms. The summed E-state index contributed by atoms with van der Waals surface area (Å²) in [6.45, 7) is 0.758. The number of benzene rings is 3. The van der Waals surface area contributed by atoms with Gasteiger partial charge in [-0.3, -0.25) is 0 Å². The first kappa shape index (κ1) is 21.0. The second-order valence-electron chi connectivity index (χ2n) is 8.44. The maximum atomic E-state index is 6.53. The van der Waals surface area contributed by atoms with Crippen LogP contribution in [0.25, 0.3) is 0 Å². The molecule has 0 bridgehead atoms. The molecule has 3 aromatic rings. The molecular weight excluding hydrogens is 420 g/mol. The van der Waals surface area contributed by atoms with Gasteiger partial charge in [0, 0.05) is 16.7 Å². The van der Waals surface area contributed by atoms with Crippen molar-refractivity contribution in [3.05, 3.63) is 108 Å². The van der Waals surface area contributed by atoms with Gasteiger partial charge in [0.25, 0.3) is 0 Å². The topological polar surface area (TPSA) is 55.4 Å². The van der Waals surface area contributed by atoms with Gasteiger partial charge in [0.05, 0.1) is 13.2 Å². The highest BCUT2D eigenvalue weighted by molar-refractivity contribution is 5.19. The van der Waals surface area contributed by atoms with Crippen LogP contribution in [0.1, 0.15) is 35.6 Å². The zero-order valence-electron chi connectivity index (χ0n) is 18.1. The Kier molecular flexibility index (Phi) is 5.94. The summed E-state index contributed by atoms with van der Waals surface area (Å²) >= 11 is 0. The Labute approximate surface area is 192 Å². The van der Waals surface area contributed by atoms with Gasteiger partial charge in [-0.1, -0.05) is 91.0 Å². The molecule has 3 fully saturated rings. The van der Waals surface area contributed by atoms with Gasteiger partial charge in [0.2, 0.25) is 0 Å². The molecule has 3 aliphatic rings. The number of ether oxygens (including phenoxy) is 6. The molecule has 0 amide bonds. The molecule has 0 spiro atoms. The molecule has 3 unspecified atom stereocenters. The van der Waals surface area contributed by atoms with Crippen molar-refractivity contribution in [1.82, 2.24) is 0 Å². The predicted molar refractivity (Wildman–Crippen MR) is 119 cm³/mol. The lowest BCUT2D eigenvalue weighted by Gasteiger charge is -2.29. The number of hydrogen-bond acceptors (Lipinski definition) is 6. The number of hydrogen-bond donors (Lipinski definition) is 0. The molecule has 0 N–H and O–H groups in total. The SMILES string of the molecule is c1ccc(C2OC[C@@H]3OC(c4ccccc4)O[C@@H]3[C@H]([C@H]3COC(c4ccccc4)O3)O2)cc1. The lowest BCUT2D eigenvalue weighted by molar-refractivity contribution is -0.217. The summed E-state index contributed by atoms with van der Waals surface area (Å²) in [6, 6.07) is 29.8. The minimum atomic E-state index is -0.538. The minimum absolute atomic E-state index is 0.284.